The first-order valence-corrected chi connectivity index (χ1v) is 11.6. The van der Waals surface area contributed by atoms with Crippen LogP contribution in [0.4, 0.5) is 0 Å². The van der Waals surface area contributed by atoms with Gasteiger partial charge in [0.1, 0.15) is 0 Å². The maximum absolute atomic E-state index is 12.5. The van der Waals surface area contributed by atoms with Crippen LogP contribution in [0.3, 0.4) is 0 Å². The van der Waals surface area contributed by atoms with Crippen molar-refractivity contribution < 1.29 is 4.79 Å². The standard InChI is InChI=1S/C23H34N4OS/c1-15-8-7-9-19(16(15)2)24-20(28)14-29-22-26-25-21(27(22)6)17-10-12-18(13-11-17)23(3,4)5/h10-13,15-16,19H,7-9,14H2,1-6H3,(H,24,28)/t15-,16+,19+/m1/s1. The lowest BCUT2D eigenvalue weighted by Gasteiger charge is -2.34. The number of hydrogen-bond acceptors (Lipinski definition) is 4. The number of thioether (sulfide) groups is 1. The van der Waals surface area contributed by atoms with Gasteiger partial charge in [0.2, 0.25) is 5.91 Å². The fourth-order valence-electron chi connectivity index (χ4n) is 3.98. The Kier molecular flexibility index (Phi) is 6.72. The average molecular weight is 415 g/mol. The van der Waals surface area contributed by atoms with Gasteiger partial charge in [-0.1, -0.05) is 83.5 Å². The molecule has 0 unspecified atom stereocenters. The molecule has 1 heterocycles. The van der Waals surface area contributed by atoms with Crippen molar-refractivity contribution in [3.63, 3.8) is 0 Å². The van der Waals surface area contributed by atoms with Crippen LogP contribution in [0.25, 0.3) is 11.4 Å². The Bertz CT molecular complexity index is 838. The van der Waals surface area contributed by atoms with Gasteiger partial charge in [0, 0.05) is 18.7 Å². The lowest BCUT2D eigenvalue weighted by Crippen LogP contribution is -2.44. The summed E-state index contributed by atoms with van der Waals surface area (Å²) < 4.78 is 1.97. The zero-order chi connectivity index (χ0) is 21.2. The van der Waals surface area contributed by atoms with Crippen molar-refractivity contribution in [1.82, 2.24) is 20.1 Å². The van der Waals surface area contributed by atoms with E-state index in [0.29, 0.717) is 23.6 Å². The van der Waals surface area contributed by atoms with E-state index < -0.39 is 0 Å². The molecule has 2 aromatic rings. The molecule has 1 aliphatic rings. The fraction of sp³-hybridized carbons (Fsp3) is 0.609. The summed E-state index contributed by atoms with van der Waals surface area (Å²) in [6.07, 6.45) is 3.55. The molecule has 6 heteroatoms. The number of hydrogen-bond donors (Lipinski definition) is 1. The predicted molar refractivity (Wildman–Crippen MR) is 120 cm³/mol. The molecule has 1 aromatic heterocycles. The Morgan fingerprint density at radius 1 is 1.17 bits per heavy atom. The average Bonchev–Trinajstić information content (AvgIpc) is 3.04. The summed E-state index contributed by atoms with van der Waals surface area (Å²) in [4.78, 5) is 12.5. The summed E-state index contributed by atoms with van der Waals surface area (Å²) >= 11 is 1.45. The van der Waals surface area contributed by atoms with Crippen LogP contribution in [-0.4, -0.2) is 32.5 Å². The summed E-state index contributed by atoms with van der Waals surface area (Å²) in [5.41, 5.74) is 2.45. The number of aromatic nitrogens is 3. The maximum Gasteiger partial charge on any atom is 0.230 e. The minimum Gasteiger partial charge on any atom is -0.352 e. The molecule has 1 amide bonds. The number of carbonyl (C=O) groups excluding carboxylic acids is 1. The van der Waals surface area contributed by atoms with Gasteiger partial charge in [-0.15, -0.1) is 10.2 Å². The van der Waals surface area contributed by atoms with Crippen molar-refractivity contribution >= 4 is 17.7 Å². The van der Waals surface area contributed by atoms with E-state index in [1.165, 1.54) is 30.2 Å². The molecule has 1 N–H and O–H groups in total. The first-order chi connectivity index (χ1) is 13.7. The number of benzene rings is 1. The third-order valence-corrected chi connectivity index (χ3v) is 7.25. The van der Waals surface area contributed by atoms with Gasteiger partial charge in [-0.2, -0.15) is 0 Å². The van der Waals surface area contributed by atoms with Gasteiger partial charge < -0.3 is 9.88 Å². The van der Waals surface area contributed by atoms with Gasteiger partial charge in [0.15, 0.2) is 11.0 Å². The number of nitrogens with zero attached hydrogens (tertiary/aromatic N) is 3. The second-order valence-electron chi connectivity index (χ2n) is 9.42. The van der Waals surface area contributed by atoms with Crippen LogP contribution in [0.2, 0.25) is 0 Å². The molecule has 5 nitrogen and oxygen atoms in total. The smallest absolute Gasteiger partial charge is 0.230 e. The Morgan fingerprint density at radius 2 is 1.86 bits per heavy atom. The van der Waals surface area contributed by atoms with Gasteiger partial charge in [0.25, 0.3) is 0 Å². The summed E-state index contributed by atoms with van der Waals surface area (Å²) in [6.45, 7) is 11.2. The van der Waals surface area contributed by atoms with E-state index in [-0.39, 0.29) is 11.3 Å². The molecule has 1 aromatic carbocycles. The van der Waals surface area contributed by atoms with Crippen molar-refractivity contribution in [3.8, 4) is 11.4 Å². The zero-order valence-electron chi connectivity index (χ0n) is 18.5. The quantitative estimate of drug-likeness (QED) is 0.713. The third-order valence-electron chi connectivity index (χ3n) is 6.23. The lowest BCUT2D eigenvalue weighted by molar-refractivity contribution is -0.120. The summed E-state index contributed by atoms with van der Waals surface area (Å²) in [7, 11) is 1.96. The van der Waals surface area contributed by atoms with E-state index in [9.17, 15) is 4.79 Å². The van der Waals surface area contributed by atoms with Crippen LogP contribution in [0, 0.1) is 11.8 Å². The Labute approximate surface area is 179 Å². The van der Waals surface area contributed by atoms with E-state index in [2.05, 4.69) is 74.4 Å². The first-order valence-electron chi connectivity index (χ1n) is 10.6. The molecule has 0 bridgehead atoms. The highest BCUT2D eigenvalue weighted by atomic mass is 32.2. The molecule has 0 aliphatic heterocycles. The minimum atomic E-state index is 0.0834. The van der Waals surface area contributed by atoms with Gasteiger partial charge in [0.05, 0.1) is 5.75 Å². The van der Waals surface area contributed by atoms with Crippen LogP contribution in [0.1, 0.15) is 59.4 Å². The van der Waals surface area contributed by atoms with Crippen LogP contribution < -0.4 is 5.32 Å². The molecule has 3 atom stereocenters. The normalized spacial score (nSPS) is 22.5. The molecule has 0 spiro atoms. The predicted octanol–water partition coefficient (Wildman–Crippen LogP) is 4.81. The van der Waals surface area contributed by atoms with Crippen molar-refractivity contribution in [2.24, 2.45) is 18.9 Å². The molecule has 0 radical (unpaired) electrons. The number of amides is 1. The molecular weight excluding hydrogens is 380 g/mol. The van der Waals surface area contributed by atoms with E-state index in [1.54, 1.807) is 0 Å². The topological polar surface area (TPSA) is 59.8 Å². The van der Waals surface area contributed by atoms with Crippen LogP contribution >= 0.6 is 11.8 Å². The summed E-state index contributed by atoms with van der Waals surface area (Å²) in [5.74, 6) is 2.48. The van der Waals surface area contributed by atoms with E-state index in [0.717, 1.165) is 23.0 Å². The minimum absolute atomic E-state index is 0.0834. The monoisotopic (exact) mass is 414 g/mol. The highest BCUT2D eigenvalue weighted by molar-refractivity contribution is 7.99. The van der Waals surface area contributed by atoms with Gasteiger partial charge >= 0.3 is 0 Å². The molecule has 1 saturated carbocycles. The SMILES string of the molecule is C[C@H]1[C@H](C)CCC[C@@H]1NC(=O)CSc1nnc(-c2ccc(C(C)(C)C)cc2)n1C. The van der Waals surface area contributed by atoms with Crippen molar-refractivity contribution in [1.29, 1.82) is 0 Å². The van der Waals surface area contributed by atoms with Crippen LogP contribution in [-0.2, 0) is 17.3 Å². The zero-order valence-corrected chi connectivity index (χ0v) is 19.3. The highest BCUT2D eigenvalue weighted by Gasteiger charge is 2.28. The van der Waals surface area contributed by atoms with Crippen molar-refractivity contribution in [3.05, 3.63) is 29.8 Å². The van der Waals surface area contributed by atoms with Crippen LogP contribution in [0.5, 0.6) is 0 Å². The second-order valence-corrected chi connectivity index (χ2v) is 10.4. The molecule has 3 rings (SSSR count). The number of nitrogens with one attached hydrogen (secondary N) is 1. The lowest BCUT2D eigenvalue weighted by atomic mass is 9.78. The maximum atomic E-state index is 12.5. The van der Waals surface area contributed by atoms with E-state index in [1.807, 2.05) is 11.6 Å². The van der Waals surface area contributed by atoms with Gasteiger partial charge in [-0.25, -0.2) is 0 Å². The Balaban J connectivity index is 1.60. The largest absolute Gasteiger partial charge is 0.352 e. The fourth-order valence-corrected chi connectivity index (χ4v) is 4.70. The molecular formula is C23H34N4OS. The molecule has 158 valence electrons. The van der Waals surface area contributed by atoms with E-state index in [4.69, 9.17) is 0 Å². The van der Waals surface area contributed by atoms with Gasteiger partial charge in [-0.3, -0.25) is 4.79 Å². The number of rotatable bonds is 5. The van der Waals surface area contributed by atoms with Crippen LogP contribution in [0.15, 0.2) is 29.4 Å². The Hall–Kier alpha value is -1.82. The first kappa shape index (κ1) is 21.9. The summed E-state index contributed by atoms with van der Waals surface area (Å²) in [5, 5.41) is 12.7. The van der Waals surface area contributed by atoms with E-state index >= 15 is 0 Å². The highest BCUT2D eigenvalue weighted by Crippen LogP contribution is 2.30. The second kappa shape index (κ2) is 8.90. The molecule has 1 fully saturated rings. The number of carbonyl (C=O) groups is 1. The van der Waals surface area contributed by atoms with Gasteiger partial charge in [-0.05, 0) is 29.2 Å². The Morgan fingerprint density at radius 3 is 2.52 bits per heavy atom. The molecule has 29 heavy (non-hydrogen) atoms. The van der Waals surface area contributed by atoms with Crippen molar-refractivity contribution in [2.45, 2.75) is 70.5 Å². The van der Waals surface area contributed by atoms with Crippen molar-refractivity contribution in [2.75, 3.05) is 5.75 Å². The molecule has 0 saturated heterocycles. The molecule has 1 aliphatic carbocycles. The summed E-state index contributed by atoms with van der Waals surface area (Å²) in [6, 6.07) is 8.78. The third kappa shape index (κ3) is 5.21.